The van der Waals surface area contributed by atoms with Crippen molar-refractivity contribution in [3.05, 3.63) is 72.8 Å². The molecule has 0 aliphatic heterocycles. The van der Waals surface area contributed by atoms with Gasteiger partial charge in [-0.05, 0) is 0 Å². The lowest BCUT2D eigenvalue weighted by atomic mass is 10.4. The topological polar surface area (TPSA) is 81.8 Å². The summed E-state index contributed by atoms with van der Waals surface area (Å²) >= 11 is 0. The molecule has 4 heteroatoms. The minimum Gasteiger partial charge on any atom is -0.222 e. The molecule has 0 aromatic heterocycles. The first-order chi connectivity index (χ1) is 11.7. The zero-order chi connectivity index (χ0) is 19.3. The lowest BCUT2D eigenvalue weighted by molar-refractivity contribution is 0.562. The SMILES string of the molecule is C.CCC.CCC.N=C=O.N=C=O.c1ccccc1.c1ccccc1. The van der Waals surface area contributed by atoms with Crippen molar-refractivity contribution in [2.45, 2.75) is 48.0 Å². The molecule has 0 radical (unpaired) electrons. The third-order valence-corrected chi connectivity index (χ3v) is 1.33. The monoisotopic (exact) mass is 346 g/mol. The maximum atomic E-state index is 8.35. The first-order valence-corrected chi connectivity index (χ1v) is 7.74. The van der Waals surface area contributed by atoms with E-state index in [4.69, 9.17) is 20.4 Å². The molecule has 2 aromatic carbocycles. The summed E-state index contributed by atoms with van der Waals surface area (Å²) in [5.41, 5.74) is 0. The van der Waals surface area contributed by atoms with Crippen molar-refractivity contribution in [2.75, 3.05) is 0 Å². The van der Waals surface area contributed by atoms with Crippen LogP contribution in [0.25, 0.3) is 0 Å². The molecule has 0 aliphatic rings. The van der Waals surface area contributed by atoms with Gasteiger partial charge in [0.05, 0.1) is 0 Å². The van der Waals surface area contributed by atoms with E-state index in [2.05, 4.69) is 27.7 Å². The number of benzene rings is 2. The molecule has 0 aliphatic carbocycles. The highest BCUT2D eigenvalue weighted by Gasteiger charge is 1.58. The molecule has 0 spiro atoms. The average Bonchev–Trinajstić information content (AvgIpc) is 2.61. The van der Waals surface area contributed by atoms with Crippen molar-refractivity contribution in [3.8, 4) is 0 Å². The molecule has 2 aromatic rings. The predicted molar refractivity (Wildman–Crippen MR) is 108 cm³/mol. The van der Waals surface area contributed by atoms with Gasteiger partial charge >= 0.3 is 0 Å². The van der Waals surface area contributed by atoms with Crippen LogP contribution in [0.5, 0.6) is 0 Å². The molecule has 140 valence electrons. The Morgan fingerprint density at radius 2 is 0.560 bits per heavy atom. The summed E-state index contributed by atoms with van der Waals surface area (Å²) < 4.78 is 0. The highest BCUT2D eigenvalue weighted by atomic mass is 16.1. The van der Waals surface area contributed by atoms with Gasteiger partial charge in [-0.3, -0.25) is 0 Å². The highest BCUT2D eigenvalue weighted by molar-refractivity contribution is 5.26. The Morgan fingerprint density at radius 3 is 0.600 bits per heavy atom. The van der Waals surface area contributed by atoms with Gasteiger partial charge in [-0.25, -0.2) is 20.4 Å². The van der Waals surface area contributed by atoms with E-state index < -0.39 is 0 Å². The summed E-state index contributed by atoms with van der Waals surface area (Å²) in [5.74, 6) is 0. The lowest BCUT2D eigenvalue weighted by Crippen LogP contribution is -1.47. The minimum atomic E-state index is 0. The van der Waals surface area contributed by atoms with Gasteiger partial charge in [0.15, 0.2) is 0 Å². The van der Waals surface area contributed by atoms with Crippen molar-refractivity contribution in [1.82, 2.24) is 0 Å². The minimum absolute atomic E-state index is 0. The van der Waals surface area contributed by atoms with Crippen molar-refractivity contribution in [1.29, 1.82) is 10.8 Å². The van der Waals surface area contributed by atoms with Crippen LogP contribution in [0.15, 0.2) is 72.8 Å². The first-order valence-electron chi connectivity index (χ1n) is 7.74. The smallest absolute Gasteiger partial charge is 0.222 e. The maximum absolute atomic E-state index is 8.35. The van der Waals surface area contributed by atoms with Gasteiger partial charge in [-0.2, -0.15) is 0 Å². The Kier molecular flexibility index (Phi) is 67.0. The van der Waals surface area contributed by atoms with Crippen LogP contribution < -0.4 is 0 Å². The summed E-state index contributed by atoms with van der Waals surface area (Å²) in [4.78, 5) is 16.7. The molecule has 0 atom stereocenters. The Bertz CT molecular complexity index is 349. The lowest BCUT2D eigenvalue weighted by Gasteiger charge is -1.69. The normalized spacial score (nSPS) is 5.92. The zero-order valence-corrected chi connectivity index (χ0v) is 15.2. The van der Waals surface area contributed by atoms with E-state index in [9.17, 15) is 0 Å². The second-order valence-electron chi connectivity index (χ2n) is 3.93. The molecule has 0 saturated heterocycles. The molecule has 0 bridgehead atoms. The summed E-state index contributed by atoms with van der Waals surface area (Å²) in [6, 6.07) is 24.0. The molecular weight excluding hydrogens is 312 g/mol. The number of rotatable bonds is 0. The van der Waals surface area contributed by atoms with E-state index in [0.29, 0.717) is 0 Å². The van der Waals surface area contributed by atoms with Gasteiger partial charge in [-0.1, -0.05) is 121 Å². The van der Waals surface area contributed by atoms with Crippen LogP contribution in [0.1, 0.15) is 48.0 Å². The molecule has 0 unspecified atom stereocenters. The fraction of sp³-hybridized carbons (Fsp3) is 0.333. The third kappa shape index (κ3) is 92.3. The van der Waals surface area contributed by atoms with E-state index >= 15 is 0 Å². The van der Waals surface area contributed by atoms with Crippen LogP contribution in [-0.2, 0) is 9.59 Å². The number of isocyanates is 2. The van der Waals surface area contributed by atoms with Gasteiger partial charge in [0.25, 0.3) is 0 Å². The Balaban J connectivity index is -0.0000000663. The van der Waals surface area contributed by atoms with E-state index in [1.54, 1.807) is 0 Å². The van der Waals surface area contributed by atoms with Gasteiger partial charge < -0.3 is 0 Å². The van der Waals surface area contributed by atoms with E-state index in [1.165, 1.54) is 12.8 Å². The average molecular weight is 347 g/mol. The molecular formula is C21H34N2O2. The number of hydrogen-bond acceptors (Lipinski definition) is 4. The molecule has 0 saturated carbocycles. The Hall–Kier alpha value is -2.80. The molecule has 2 N–H and O–H groups in total. The number of nitrogens with one attached hydrogen (secondary N) is 2. The third-order valence-electron chi connectivity index (χ3n) is 1.33. The van der Waals surface area contributed by atoms with Crippen LogP contribution in [0, 0.1) is 10.8 Å². The Morgan fingerprint density at radius 1 is 0.520 bits per heavy atom. The number of hydrogen-bond donors (Lipinski definition) is 2. The van der Waals surface area contributed by atoms with E-state index in [1.807, 2.05) is 72.8 Å². The van der Waals surface area contributed by atoms with Crippen LogP contribution in [0.4, 0.5) is 0 Å². The van der Waals surface area contributed by atoms with Crippen molar-refractivity contribution in [3.63, 3.8) is 0 Å². The van der Waals surface area contributed by atoms with Crippen LogP contribution in [0.2, 0.25) is 0 Å². The summed E-state index contributed by atoms with van der Waals surface area (Å²) in [7, 11) is 0. The largest absolute Gasteiger partial charge is 0.231 e. The molecule has 2 rings (SSSR count). The van der Waals surface area contributed by atoms with Gasteiger partial charge in [0.1, 0.15) is 0 Å². The fourth-order valence-electron chi connectivity index (χ4n) is 0.770. The fourth-order valence-corrected chi connectivity index (χ4v) is 0.770. The van der Waals surface area contributed by atoms with Gasteiger partial charge in [0, 0.05) is 0 Å². The van der Waals surface area contributed by atoms with Crippen molar-refractivity contribution in [2.24, 2.45) is 0 Å². The quantitative estimate of drug-likeness (QED) is 0.414. The van der Waals surface area contributed by atoms with Gasteiger partial charge in [-0.15, -0.1) is 0 Å². The summed E-state index contributed by atoms with van der Waals surface area (Å²) in [5, 5.41) is 10.8. The summed E-state index contributed by atoms with van der Waals surface area (Å²) in [6.07, 6.45) is 4.00. The first kappa shape index (κ1) is 33.7. The maximum Gasteiger partial charge on any atom is 0.231 e. The highest BCUT2D eigenvalue weighted by Crippen LogP contribution is 1.80. The van der Waals surface area contributed by atoms with Crippen LogP contribution in [-0.4, -0.2) is 12.2 Å². The van der Waals surface area contributed by atoms with Crippen LogP contribution >= 0.6 is 0 Å². The van der Waals surface area contributed by atoms with Crippen molar-refractivity contribution < 1.29 is 9.59 Å². The molecule has 0 fully saturated rings. The van der Waals surface area contributed by atoms with Crippen molar-refractivity contribution >= 4 is 12.2 Å². The molecule has 4 nitrogen and oxygen atoms in total. The standard InChI is InChI=1S/2C6H6.2C3H8.2CHNO.CH4/c2*1-2-4-6-5-3-1;2*1-3-2;2*2-1-3;/h2*1-6H;2*3H2,1-2H3;2*2H;1H4. The molecule has 0 heterocycles. The predicted octanol–water partition coefficient (Wildman–Crippen LogP) is 6.64. The Labute approximate surface area is 154 Å². The number of carbonyl (C=O) groups excluding carboxylic acids is 2. The summed E-state index contributed by atoms with van der Waals surface area (Å²) in [6.45, 7) is 8.50. The second-order valence-corrected chi connectivity index (χ2v) is 3.93. The van der Waals surface area contributed by atoms with E-state index in [0.717, 1.165) is 12.2 Å². The molecule has 25 heavy (non-hydrogen) atoms. The molecule has 0 amide bonds. The zero-order valence-electron chi connectivity index (χ0n) is 15.2. The van der Waals surface area contributed by atoms with E-state index in [-0.39, 0.29) is 7.43 Å². The second kappa shape index (κ2) is 49.6. The van der Waals surface area contributed by atoms with Gasteiger partial charge in [0.2, 0.25) is 12.2 Å². The van der Waals surface area contributed by atoms with Crippen LogP contribution in [0.3, 0.4) is 0 Å².